The minimum Gasteiger partial charge on any atom is -0.444 e. The Morgan fingerprint density at radius 1 is 1.04 bits per heavy atom. The van der Waals surface area contributed by atoms with E-state index in [1.165, 1.54) is 16.4 Å². The number of amides is 1. The number of halogens is 1. The molecular weight excluding hydrogens is 347 g/mol. The van der Waals surface area contributed by atoms with E-state index >= 15 is 0 Å². The normalized spacial score (nSPS) is 18.6. The van der Waals surface area contributed by atoms with Crippen LogP contribution in [0.2, 0.25) is 0 Å². The fraction of sp³-hybridized carbons (Fsp3) is 0.471. The maximum absolute atomic E-state index is 13.0. The van der Waals surface area contributed by atoms with Gasteiger partial charge in [0.1, 0.15) is 11.4 Å². The largest absolute Gasteiger partial charge is 0.444 e. The Balaban J connectivity index is 1.66. The zero-order chi connectivity index (χ0) is 18.4. The quantitative estimate of drug-likeness (QED) is 0.752. The summed E-state index contributed by atoms with van der Waals surface area (Å²) in [7, 11) is -3.67. The SMILES string of the molecule is CC(C)(C)OC(=O)N1CC2=C(C1)CN(S(=O)(=O)c1ccc(F)cc1)C2. The van der Waals surface area contributed by atoms with Gasteiger partial charge in [-0.2, -0.15) is 4.31 Å². The Hall–Kier alpha value is -1.93. The molecule has 0 saturated carbocycles. The predicted octanol–water partition coefficient (Wildman–Crippen LogP) is 2.38. The summed E-state index contributed by atoms with van der Waals surface area (Å²) in [6.45, 7) is 6.65. The molecule has 0 bridgehead atoms. The van der Waals surface area contributed by atoms with Crippen LogP contribution in [0.15, 0.2) is 40.3 Å². The molecule has 8 heteroatoms. The smallest absolute Gasteiger partial charge is 0.410 e. The van der Waals surface area contributed by atoms with Crippen molar-refractivity contribution < 1.29 is 22.3 Å². The van der Waals surface area contributed by atoms with Gasteiger partial charge in [-0.15, -0.1) is 0 Å². The Bertz CT molecular complexity index is 807. The van der Waals surface area contributed by atoms with Crippen molar-refractivity contribution in [3.05, 3.63) is 41.2 Å². The van der Waals surface area contributed by atoms with Gasteiger partial charge in [-0.1, -0.05) is 0 Å². The number of carbonyl (C=O) groups excluding carboxylic acids is 1. The molecule has 136 valence electrons. The number of nitrogens with zero attached hydrogens (tertiary/aromatic N) is 2. The van der Waals surface area contributed by atoms with E-state index in [2.05, 4.69) is 0 Å². The van der Waals surface area contributed by atoms with Gasteiger partial charge in [-0.05, 0) is 56.2 Å². The van der Waals surface area contributed by atoms with E-state index < -0.39 is 27.5 Å². The van der Waals surface area contributed by atoms with Crippen LogP contribution in [0.3, 0.4) is 0 Å². The highest BCUT2D eigenvalue weighted by molar-refractivity contribution is 7.89. The lowest BCUT2D eigenvalue weighted by atomic mass is 10.2. The van der Waals surface area contributed by atoms with E-state index in [0.29, 0.717) is 13.1 Å². The molecule has 2 heterocycles. The molecule has 3 rings (SSSR count). The second-order valence-electron chi connectivity index (χ2n) is 7.27. The second kappa shape index (κ2) is 6.10. The van der Waals surface area contributed by atoms with E-state index in [1.54, 1.807) is 25.7 Å². The number of benzene rings is 1. The van der Waals surface area contributed by atoms with E-state index in [-0.39, 0.29) is 18.0 Å². The summed E-state index contributed by atoms with van der Waals surface area (Å²) in [5, 5.41) is 0. The van der Waals surface area contributed by atoms with Crippen LogP contribution in [0, 0.1) is 5.82 Å². The molecule has 0 N–H and O–H groups in total. The summed E-state index contributed by atoms with van der Waals surface area (Å²) in [5.74, 6) is -0.478. The van der Waals surface area contributed by atoms with Crippen LogP contribution in [-0.4, -0.2) is 55.5 Å². The minimum absolute atomic E-state index is 0.0686. The third kappa shape index (κ3) is 3.69. The first kappa shape index (κ1) is 17.9. The summed E-state index contributed by atoms with van der Waals surface area (Å²) in [6, 6.07) is 4.80. The number of carbonyl (C=O) groups is 1. The van der Waals surface area contributed by atoms with Gasteiger partial charge in [0.2, 0.25) is 10.0 Å². The second-order valence-corrected chi connectivity index (χ2v) is 9.21. The first-order valence-electron chi connectivity index (χ1n) is 8.00. The molecule has 0 atom stereocenters. The standard InChI is InChI=1S/C17H21FN2O4S/c1-17(2,3)24-16(21)19-8-12-10-20(11-13(12)9-19)25(22,23)15-6-4-14(18)5-7-15/h4-7H,8-11H2,1-3H3. The first-order chi connectivity index (χ1) is 11.6. The van der Waals surface area contributed by atoms with Crippen LogP contribution in [-0.2, 0) is 14.8 Å². The molecule has 1 aromatic rings. The van der Waals surface area contributed by atoms with Gasteiger partial charge in [0.05, 0.1) is 4.90 Å². The zero-order valence-electron chi connectivity index (χ0n) is 14.5. The fourth-order valence-electron chi connectivity index (χ4n) is 2.93. The van der Waals surface area contributed by atoms with E-state index in [4.69, 9.17) is 4.74 Å². The Morgan fingerprint density at radius 2 is 1.56 bits per heavy atom. The highest BCUT2D eigenvalue weighted by Gasteiger charge is 2.38. The zero-order valence-corrected chi connectivity index (χ0v) is 15.3. The van der Waals surface area contributed by atoms with Gasteiger partial charge in [0.25, 0.3) is 0 Å². The van der Waals surface area contributed by atoms with Crippen molar-refractivity contribution in [2.45, 2.75) is 31.3 Å². The average molecular weight is 368 g/mol. The minimum atomic E-state index is -3.67. The molecule has 1 aromatic carbocycles. The Labute approximate surface area is 146 Å². The number of sulfonamides is 1. The van der Waals surface area contributed by atoms with Crippen molar-refractivity contribution in [3.63, 3.8) is 0 Å². The topological polar surface area (TPSA) is 66.9 Å². The van der Waals surface area contributed by atoms with Crippen molar-refractivity contribution in [1.82, 2.24) is 9.21 Å². The Kier molecular flexibility index (Phi) is 4.36. The average Bonchev–Trinajstić information content (AvgIpc) is 3.04. The summed E-state index contributed by atoms with van der Waals surface area (Å²) >= 11 is 0. The van der Waals surface area contributed by atoms with E-state index in [1.807, 2.05) is 0 Å². The number of hydrogen-bond acceptors (Lipinski definition) is 4. The van der Waals surface area contributed by atoms with Gasteiger partial charge in [-0.25, -0.2) is 17.6 Å². The summed E-state index contributed by atoms with van der Waals surface area (Å²) in [6.07, 6.45) is -0.394. The number of rotatable bonds is 2. The molecule has 2 aliphatic rings. The third-order valence-electron chi connectivity index (χ3n) is 4.10. The molecule has 2 aliphatic heterocycles. The number of ether oxygens (including phenoxy) is 1. The molecular formula is C17H21FN2O4S. The highest BCUT2D eigenvalue weighted by atomic mass is 32.2. The van der Waals surface area contributed by atoms with E-state index in [9.17, 15) is 17.6 Å². The first-order valence-corrected chi connectivity index (χ1v) is 9.44. The van der Waals surface area contributed by atoms with Crippen LogP contribution in [0.5, 0.6) is 0 Å². The summed E-state index contributed by atoms with van der Waals surface area (Å²) < 4.78 is 45.0. The summed E-state index contributed by atoms with van der Waals surface area (Å²) in [5.41, 5.74) is 1.29. The molecule has 0 spiro atoms. The lowest BCUT2D eigenvalue weighted by Crippen LogP contribution is -2.39. The predicted molar refractivity (Wildman–Crippen MR) is 90.0 cm³/mol. The Morgan fingerprint density at radius 3 is 2.04 bits per heavy atom. The van der Waals surface area contributed by atoms with Crippen molar-refractivity contribution >= 4 is 16.1 Å². The molecule has 1 amide bonds. The molecule has 25 heavy (non-hydrogen) atoms. The van der Waals surface area contributed by atoms with Gasteiger partial charge >= 0.3 is 6.09 Å². The maximum atomic E-state index is 13.0. The van der Waals surface area contributed by atoms with E-state index in [0.717, 1.165) is 23.3 Å². The van der Waals surface area contributed by atoms with Crippen LogP contribution < -0.4 is 0 Å². The fourth-order valence-corrected chi connectivity index (χ4v) is 4.36. The van der Waals surface area contributed by atoms with Crippen molar-refractivity contribution in [1.29, 1.82) is 0 Å². The van der Waals surface area contributed by atoms with Gasteiger partial charge in [0.15, 0.2) is 0 Å². The lowest BCUT2D eigenvalue weighted by molar-refractivity contribution is 0.0295. The third-order valence-corrected chi connectivity index (χ3v) is 5.91. The molecule has 6 nitrogen and oxygen atoms in total. The summed E-state index contributed by atoms with van der Waals surface area (Å²) in [4.78, 5) is 13.8. The van der Waals surface area contributed by atoms with Gasteiger partial charge < -0.3 is 9.64 Å². The lowest BCUT2D eigenvalue weighted by Gasteiger charge is -2.26. The molecule has 0 unspecified atom stereocenters. The van der Waals surface area contributed by atoms with Gasteiger partial charge in [0, 0.05) is 26.2 Å². The molecule has 0 radical (unpaired) electrons. The van der Waals surface area contributed by atoms with Crippen molar-refractivity contribution in [3.8, 4) is 0 Å². The molecule has 0 fully saturated rings. The van der Waals surface area contributed by atoms with Crippen LogP contribution >= 0.6 is 0 Å². The highest BCUT2D eigenvalue weighted by Crippen LogP contribution is 2.30. The monoisotopic (exact) mass is 368 g/mol. The van der Waals surface area contributed by atoms with Crippen LogP contribution in [0.1, 0.15) is 20.8 Å². The van der Waals surface area contributed by atoms with Crippen LogP contribution in [0.4, 0.5) is 9.18 Å². The van der Waals surface area contributed by atoms with Gasteiger partial charge in [-0.3, -0.25) is 0 Å². The number of hydrogen-bond donors (Lipinski definition) is 0. The van der Waals surface area contributed by atoms with Crippen LogP contribution in [0.25, 0.3) is 0 Å². The molecule has 0 aromatic heterocycles. The van der Waals surface area contributed by atoms with Crippen molar-refractivity contribution in [2.24, 2.45) is 0 Å². The van der Waals surface area contributed by atoms with Crippen molar-refractivity contribution in [2.75, 3.05) is 26.2 Å². The molecule has 0 aliphatic carbocycles. The molecule has 0 saturated heterocycles. The maximum Gasteiger partial charge on any atom is 0.410 e.